The van der Waals surface area contributed by atoms with Crippen molar-refractivity contribution in [2.24, 2.45) is 0 Å². The van der Waals surface area contributed by atoms with Crippen LogP contribution in [0.4, 0.5) is 8.78 Å². The maximum atomic E-state index is 12.8. The Morgan fingerprint density at radius 1 is 1.10 bits per heavy atom. The molecule has 0 unspecified atom stereocenters. The number of fused-ring (bicyclic) bond motifs is 1. The molecule has 0 atom stereocenters. The number of carbonyl (C=O) groups is 1. The van der Waals surface area contributed by atoms with Crippen molar-refractivity contribution in [3.63, 3.8) is 0 Å². The van der Waals surface area contributed by atoms with E-state index in [0.29, 0.717) is 5.56 Å². The van der Waals surface area contributed by atoms with E-state index in [1.165, 1.54) is 24.5 Å². The Labute approximate surface area is 111 Å². The summed E-state index contributed by atoms with van der Waals surface area (Å²) in [7, 11) is 0. The van der Waals surface area contributed by atoms with E-state index < -0.39 is 6.29 Å². The van der Waals surface area contributed by atoms with Crippen LogP contribution in [0.25, 0.3) is 11.1 Å². The first-order valence-corrected chi connectivity index (χ1v) is 5.30. The molecular formula is C12H8F2N2O4. The quantitative estimate of drug-likeness (QED) is 0.807. The molecule has 6 nitrogen and oxygen atoms in total. The van der Waals surface area contributed by atoms with Gasteiger partial charge in [-0.15, -0.1) is 8.78 Å². The molecule has 1 aromatic carbocycles. The van der Waals surface area contributed by atoms with Gasteiger partial charge in [-0.2, -0.15) is 10.2 Å². The average molecular weight is 282 g/mol. The van der Waals surface area contributed by atoms with Gasteiger partial charge in [0.25, 0.3) is 6.47 Å². The van der Waals surface area contributed by atoms with Crippen molar-refractivity contribution in [1.82, 2.24) is 10.2 Å². The van der Waals surface area contributed by atoms with Gasteiger partial charge >= 0.3 is 6.29 Å². The number of aromatic nitrogens is 2. The molecule has 1 N–H and O–H groups in total. The minimum Gasteiger partial charge on any atom is -0.483 e. The summed E-state index contributed by atoms with van der Waals surface area (Å²) in [6.07, 6.45) is -0.526. The molecule has 2 heterocycles. The molecular weight excluding hydrogens is 274 g/mol. The predicted molar refractivity (Wildman–Crippen MR) is 62.4 cm³/mol. The zero-order chi connectivity index (χ0) is 14.6. The molecule has 0 amide bonds. The molecule has 0 spiro atoms. The number of hydrogen-bond acceptors (Lipinski definition) is 5. The van der Waals surface area contributed by atoms with Gasteiger partial charge < -0.3 is 14.6 Å². The first-order valence-electron chi connectivity index (χ1n) is 5.30. The van der Waals surface area contributed by atoms with Crippen LogP contribution in [0, 0.1) is 0 Å². The van der Waals surface area contributed by atoms with E-state index in [9.17, 15) is 8.78 Å². The van der Waals surface area contributed by atoms with Crippen LogP contribution in [-0.4, -0.2) is 28.1 Å². The zero-order valence-corrected chi connectivity index (χ0v) is 9.86. The molecule has 1 aliphatic heterocycles. The molecule has 1 aliphatic rings. The lowest BCUT2D eigenvalue weighted by molar-refractivity contribution is -0.286. The summed E-state index contributed by atoms with van der Waals surface area (Å²) < 4.78 is 34.3. The maximum Gasteiger partial charge on any atom is 0.586 e. The maximum absolute atomic E-state index is 12.8. The summed E-state index contributed by atoms with van der Waals surface area (Å²) in [5.41, 5.74) is 1.47. The van der Waals surface area contributed by atoms with Crippen molar-refractivity contribution < 1.29 is 28.2 Å². The molecule has 0 saturated carbocycles. The second-order valence-electron chi connectivity index (χ2n) is 3.57. The molecule has 1 aromatic heterocycles. The van der Waals surface area contributed by atoms with Crippen LogP contribution in [0.3, 0.4) is 0 Å². The highest BCUT2D eigenvalue weighted by molar-refractivity contribution is 5.66. The summed E-state index contributed by atoms with van der Waals surface area (Å²) in [5, 5.41) is 14.2. The van der Waals surface area contributed by atoms with Gasteiger partial charge in [-0.05, 0) is 23.8 Å². The predicted octanol–water partition coefficient (Wildman–Crippen LogP) is 2.17. The van der Waals surface area contributed by atoms with Crippen LogP contribution < -0.4 is 9.47 Å². The first kappa shape index (κ1) is 13.7. The molecule has 20 heavy (non-hydrogen) atoms. The van der Waals surface area contributed by atoms with Crippen LogP contribution in [0.1, 0.15) is 0 Å². The lowest BCUT2D eigenvalue weighted by Crippen LogP contribution is -2.25. The fourth-order valence-corrected chi connectivity index (χ4v) is 1.59. The largest absolute Gasteiger partial charge is 0.586 e. The summed E-state index contributed by atoms with van der Waals surface area (Å²) in [5.74, 6) is 0.0464. The molecule has 2 aromatic rings. The van der Waals surface area contributed by atoms with Crippen LogP contribution in [0.5, 0.6) is 11.5 Å². The van der Waals surface area contributed by atoms with Crippen molar-refractivity contribution in [2.45, 2.75) is 6.29 Å². The third kappa shape index (κ3) is 2.97. The van der Waals surface area contributed by atoms with Gasteiger partial charge in [0, 0.05) is 5.56 Å². The smallest absolute Gasteiger partial charge is 0.483 e. The van der Waals surface area contributed by atoms with Crippen molar-refractivity contribution >= 4 is 6.47 Å². The minimum absolute atomic E-state index is 0.0179. The second-order valence-corrected chi connectivity index (χ2v) is 3.57. The number of hydrogen-bond donors (Lipinski definition) is 1. The van der Waals surface area contributed by atoms with E-state index in [1.807, 2.05) is 0 Å². The molecule has 0 aliphatic carbocycles. The highest BCUT2D eigenvalue weighted by atomic mass is 19.3. The van der Waals surface area contributed by atoms with Gasteiger partial charge in [0.15, 0.2) is 11.5 Å². The topological polar surface area (TPSA) is 81.5 Å². The number of alkyl halides is 2. The van der Waals surface area contributed by atoms with Gasteiger partial charge in [0.05, 0.1) is 12.4 Å². The minimum atomic E-state index is -3.59. The first-order chi connectivity index (χ1) is 9.55. The fourth-order valence-electron chi connectivity index (χ4n) is 1.59. The van der Waals surface area contributed by atoms with E-state index in [-0.39, 0.29) is 18.0 Å². The lowest BCUT2D eigenvalue weighted by Gasteiger charge is -2.04. The SMILES string of the molecule is FC1(F)Oc2ccc(-c3ccnnc3)cc2O1.O=CO. The van der Waals surface area contributed by atoms with Gasteiger partial charge in [-0.1, -0.05) is 6.07 Å². The molecule has 0 saturated heterocycles. The Morgan fingerprint density at radius 2 is 1.80 bits per heavy atom. The summed E-state index contributed by atoms with van der Waals surface area (Å²) in [6, 6.07) is 6.29. The Kier molecular flexibility index (Phi) is 3.74. The highest BCUT2D eigenvalue weighted by Gasteiger charge is 2.43. The number of ether oxygens (including phenoxy) is 2. The van der Waals surface area contributed by atoms with Gasteiger partial charge in [-0.25, -0.2) is 0 Å². The van der Waals surface area contributed by atoms with Crippen molar-refractivity contribution in [3.8, 4) is 22.6 Å². The molecule has 104 valence electrons. The van der Waals surface area contributed by atoms with Crippen LogP contribution in [0.15, 0.2) is 36.7 Å². The third-order valence-electron chi connectivity index (χ3n) is 2.32. The monoisotopic (exact) mass is 282 g/mol. The van der Waals surface area contributed by atoms with Crippen molar-refractivity contribution in [2.75, 3.05) is 0 Å². The Bertz CT molecular complexity index is 608. The number of halogens is 2. The van der Waals surface area contributed by atoms with E-state index in [0.717, 1.165) is 5.56 Å². The van der Waals surface area contributed by atoms with Crippen molar-refractivity contribution in [3.05, 3.63) is 36.7 Å². The Morgan fingerprint density at radius 3 is 2.45 bits per heavy atom. The summed E-state index contributed by atoms with van der Waals surface area (Å²) in [4.78, 5) is 8.36. The number of benzene rings is 1. The zero-order valence-electron chi connectivity index (χ0n) is 9.86. The Balaban J connectivity index is 0.000000452. The van der Waals surface area contributed by atoms with E-state index in [4.69, 9.17) is 9.90 Å². The van der Waals surface area contributed by atoms with Gasteiger partial charge in [0.2, 0.25) is 0 Å². The lowest BCUT2D eigenvalue weighted by atomic mass is 10.1. The summed E-state index contributed by atoms with van der Waals surface area (Å²) >= 11 is 0. The highest BCUT2D eigenvalue weighted by Crippen LogP contribution is 2.42. The number of nitrogens with zero attached hydrogens (tertiary/aromatic N) is 2. The van der Waals surface area contributed by atoms with E-state index in [1.54, 1.807) is 12.1 Å². The average Bonchev–Trinajstić information content (AvgIpc) is 2.73. The summed E-state index contributed by atoms with van der Waals surface area (Å²) in [6.45, 7) is -0.250. The van der Waals surface area contributed by atoms with Crippen molar-refractivity contribution in [1.29, 1.82) is 0 Å². The normalized spacial score (nSPS) is 14.1. The second kappa shape index (κ2) is 5.47. The van der Waals surface area contributed by atoms with Gasteiger partial charge in [0.1, 0.15) is 0 Å². The molecule has 3 rings (SSSR count). The standard InChI is InChI=1S/C11H6F2N2O2.CH2O2/c12-11(13)16-9-2-1-7(5-10(9)17-11)8-3-4-14-15-6-8;2-1-3/h1-6H;1H,(H,2,3). The molecule has 8 heteroatoms. The number of rotatable bonds is 1. The Hall–Kier alpha value is -2.77. The molecule has 0 bridgehead atoms. The van der Waals surface area contributed by atoms with Crippen LogP contribution in [0.2, 0.25) is 0 Å². The third-order valence-corrected chi connectivity index (χ3v) is 2.32. The van der Waals surface area contributed by atoms with E-state index >= 15 is 0 Å². The van der Waals surface area contributed by atoms with Crippen LogP contribution >= 0.6 is 0 Å². The van der Waals surface area contributed by atoms with Crippen LogP contribution in [-0.2, 0) is 4.79 Å². The fraction of sp³-hybridized carbons (Fsp3) is 0.0833. The van der Waals surface area contributed by atoms with Gasteiger partial charge in [-0.3, -0.25) is 4.79 Å². The number of carboxylic acid groups (broad SMARTS) is 1. The molecule has 0 fully saturated rings. The molecule has 0 radical (unpaired) electrons. The van der Waals surface area contributed by atoms with E-state index in [2.05, 4.69) is 19.7 Å².